The molecule has 16 heavy (non-hydrogen) atoms. The number of rotatable bonds is 6. The van der Waals surface area contributed by atoms with Crippen molar-refractivity contribution in [3.8, 4) is 0 Å². The van der Waals surface area contributed by atoms with E-state index >= 15 is 0 Å². The quantitative estimate of drug-likeness (QED) is 0.498. The van der Waals surface area contributed by atoms with Crippen molar-refractivity contribution < 1.29 is 20.1 Å². The van der Waals surface area contributed by atoms with Gasteiger partial charge >= 0.3 is 14.2 Å². The summed E-state index contributed by atoms with van der Waals surface area (Å²) in [5.74, 6) is 0. The van der Waals surface area contributed by atoms with Crippen molar-refractivity contribution in [2.24, 2.45) is 0 Å². The minimum Gasteiger partial charge on any atom is -0.427 e. The smallest absolute Gasteiger partial charge is 0.427 e. The van der Waals surface area contributed by atoms with E-state index in [1.807, 2.05) is 24.3 Å². The van der Waals surface area contributed by atoms with Gasteiger partial charge in [-0.3, -0.25) is 0 Å². The van der Waals surface area contributed by atoms with Crippen molar-refractivity contribution in [3.05, 3.63) is 35.4 Å². The van der Waals surface area contributed by atoms with Crippen LogP contribution in [0.2, 0.25) is 12.6 Å². The van der Waals surface area contributed by atoms with Crippen LogP contribution in [0.3, 0.4) is 0 Å². The molecule has 0 spiro atoms. The number of hydrogen-bond acceptors (Lipinski definition) is 4. The Kier molecular flexibility index (Phi) is 5.55. The van der Waals surface area contributed by atoms with Crippen LogP contribution < -0.4 is 0 Å². The lowest BCUT2D eigenvalue weighted by molar-refractivity contribution is 0.404. The number of aryl methyl sites for hydroxylation is 2. The van der Waals surface area contributed by atoms with Crippen LogP contribution in [0.25, 0.3) is 0 Å². The average Bonchev–Trinajstić information content (AvgIpc) is 2.25. The fraction of sp³-hybridized carbons (Fsp3) is 0.400. The summed E-state index contributed by atoms with van der Waals surface area (Å²) in [5.41, 5.74) is 2.09. The molecule has 86 valence electrons. The summed E-state index contributed by atoms with van der Waals surface area (Å²) in [5, 5.41) is 34.9. The van der Waals surface area contributed by atoms with Crippen LogP contribution in [-0.4, -0.2) is 34.3 Å². The molecule has 0 heterocycles. The van der Waals surface area contributed by atoms with E-state index in [4.69, 9.17) is 20.1 Å². The Morgan fingerprint density at radius 3 is 1.25 bits per heavy atom. The molecule has 0 aliphatic carbocycles. The predicted molar refractivity (Wildman–Crippen MR) is 63.8 cm³/mol. The standard InChI is InChI=1S/C10H16B2O4/c13-11(14)7-5-9-1-2-10(4-3-9)6-8-12(15)16/h1-4,13-16H,5-8H2. The van der Waals surface area contributed by atoms with Crippen LogP contribution in [0.5, 0.6) is 0 Å². The van der Waals surface area contributed by atoms with Crippen LogP contribution in [0.4, 0.5) is 0 Å². The molecular weight excluding hydrogens is 206 g/mol. The van der Waals surface area contributed by atoms with E-state index in [1.165, 1.54) is 0 Å². The van der Waals surface area contributed by atoms with Gasteiger partial charge in [-0.15, -0.1) is 0 Å². The molecule has 0 aromatic heterocycles. The first-order chi connectivity index (χ1) is 7.58. The van der Waals surface area contributed by atoms with Crippen molar-refractivity contribution in [3.63, 3.8) is 0 Å². The average molecular weight is 222 g/mol. The van der Waals surface area contributed by atoms with E-state index in [9.17, 15) is 0 Å². The van der Waals surface area contributed by atoms with E-state index in [2.05, 4.69) is 0 Å². The second-order valence-electron chi connectivity index (χ2n) is 3.86. The molecule has 0 bridgehead atoms. The maximum atomic E-state index is 8.71. The molecule has 4 nitrogen and oxygen atoms in total. The monoisotopic (exact) mass is 222 g/mol. The molecule has 0 saturated heterocycles. The first kappa shape index (κ1) is 13.3. The van der Waals surface area contributed by atoms with Gasteiger partial charge in [-0.1, -0.05) is 24.3 Å². The SMILES string of the molecule is OB(O)CCc1ccc(CCB(O)O)cc1. The zero-order chi connectivity index (χ0) is 12.0. The minimum atomic E-state index is -1.26. The van der Waals surface area contributed by atoms with E-state index in [-0.39, 0.29) is 0 Å². The molecule has 0 unspecified atom stereocenters. The fourth-order valence-corrected chi connectivity index (χ4v) is 1.46. The Morgan fingerprint density at radius 1 is 0.688 bits per heavy atom. The van der Waals surface area contributed by atoms with Gasteiger partial charge in [0.15, 0.2) is 0 Å². The second kappa shape index (κ2) is 6.70. The Labute approximate surface area is 95.9 Å². The highest BCUT2D eigenvalue weighted by Gasteiger charge is 2.08. The molecule has 0 saturated carbocycles. The van der Waals surface area contributed by atoms with Crippen LogP contribution in [0.15, 0.2) is 24.3 Å². The third kappa shape index (κ3) is 5.32. The number of benzene rings is 1. The molecule has 4 N–H and O–H groups in total. The lowest BCUT2D eigenvalue weighted by Crippen LogP contribution is -2.11. The van der Waals surface area contributed by atoms with Gasteiger partial charge in [0.05, 0.1) is 0 Å². The van der Waals surface area contributed by atoms with Crippen molar-refractivity contribution in [1.29, 1.82) is 0 Å². The van der Waals surface area contributed by atoms with E-state index in [0.29, 0.717) is 25.5 Å². The Balaban J connectivity index is 2.41. The zero-order valence-electron chi connectivity index (χ0n) is 9.08. The predicted octanol–water partition coefficient (Wildman–Crippen LogP) is -0.283. The molecule has 1 aromatic carbocycles. The highest BCUT2D eigenvalue weighted by atomic mass is 16.4. The molecule has 0 aliphatic heterocycles. The largest absolute Gasteiger partial charge is 0.451 e. The van der Waals surface area contributed by atoms with Gasteiger partial charge in [0.25, 0.3) is 0 Å². The molecule has 1 rings (SSSR count). The second-order valence-corrected chi connectivity index (χ2v) is 3.86. The van der Waals surface area contributed by atoms with E-state index < -0.39 is 14.2 Å². The van der Waals surface area contributed by atoms with E-state index in [1.54, 1.807) is 0 Å². The normalized spacial score (nSPS) is 10.2. The molecule has 6 heteroatoms. The van der Waals surface area contributed by atoms with Crippen LogP contribution in [0.1, 0.15) is 11.1 Å². The third-order valence-corrected chi connectivity index (χ3v) is 2.41. The molecule has 0 atom stereocenters. The van der Waals surface area contributed by atoms with Gasteiger partial charge in [-0.25, -0.2) is 0 Å². The van der Waals surface area contributed by atoms with Gasteiger partial charge in [0.1, 0.15) is 0 Å². The van der Waals surface area contributed by atoms with Gasteiger partial charge in [0.2, 0.25) is 0 Å². The highest BCUT2D eigenvalue weighted by molar-refractivity contribution is 6.41. The van der Waals surface area contributed by atoms with Crippen LogP contribution in [0, 0.1) is 0 Å². The summed E-state index contributed by atoms with van der Waals surface area (Å²) in [6, 6.07) is 7.67. The Hall–Kier alpha value is -0.810. The summed E-state index contributed by atoms with van der Waals surface area (Å²) < 4.78 is 0. The molecular formula is C10H16B2O4. The van der Waals surface area contributed by atoms with Crippen LogP contribution in [-0.2, 0) is 12.8 Å². The third-order valence-electron chi connectivity index (χ3n) is 2.41. The maximum Gasteiger partial charge on any atom is 0.451 e. The Morgan fingerprint density at radius 2 is 1.00 bits per heavy atom. The molecule has 0 amide bonds. The van der Waals surface area contributed by atoms with Gasteiger partial charge < -0.3 is 20.1 Å². The summed E-state index contributed by atoms with van der Waals surface area (Å²) >= 11 is 0. The summed E-state index contributed by atoms with van der Waals surface area (Å²) in [4.78, 5) is 0. The fourth-order valence-electron chi connectivity index (χ4n) is 1.46. The van der Waals surface area contributed by atoms with Crippen molar-refractivity contribution in [1.82, 2.24) is 0 Å². The summed E-state index contributed by atoms with van der Waals surface area (Å²) in [6.45, 7) is 0. The molecule has 0 fully saturated rings. The first-order valence-electron chi connectivity index (χ1n) is 5.38. The molecule has 1 aromatic rings. The van der Waals surface area contributed by atoms with Crippen molar-refractivity contribution in [2.45, 2.75) is 25.5 Å². The van der Waals surface area contributed by atoms with Gasteiger partial charge in [-0.2, -0.15) is 0 Å². The lowest BCUT2D eigenvalue weighted by Gasteiger charge is -2.04. The highest BCUT2D eigenvalue weighted by Crippen LogP contribution is 2.09. The first-order valence-corrected chi connectivity index (χ1v) is 5.38. The van der Waals surface area contributed by atoms with Gasteiger partial charge in [-0.05, 0) is 36.6 Å². The zero-order valence-corrected chi connectivity index (χ0v) is 9.08. The number of hydrogen-bond donors (Lipinski definition) is 4. The Bertz CT molecular complexity index is 269. The maximum absolute atomic E-state index is 8.71. The van der Waals surface area contributed by atoms with Crippen molar-refractivity contribution >= 4 is 14.2 Å². The molecule has 0 radical (unpaired) electrons. The minimum absolute atomic E-state index is 0.328. The van der Waals surface area contributed by atoms with E-state index in [0.717, 1.165) is 11.1 Å². The lowest BCUT2D eigenvalue weighted by atomic mass is 9.81. The molecule has 0 aliphatic rings. The van der Waals surface area contributed by atoms with Gasteiger partial charge in [0, 0.05) is 0 Å². The van der Waals surface area contributed by atoms with Crippen molar-refractivity contribution in [2.75, 3.05) is 0 Å². The summed E-state index contributed by atoms with van der Waals surface area (Å²) in [7, 11) is -2.52. The topological polar surface area (TPSA) is 80.9 Å². The summed E-state index contributed by atoms with van der Waals surface area (Å²) in [6.07, 6.45) is 1.91. The van der Waals surface area contributed by atoms with Crippen LogP contribution >= 0.6 is 0 Å².